The molecule has 1 saturated heterocycles. The van der Waals surface area contributed by atoms with Gasteiger partial charge in [-0.1, -0.05) is 42.5 Å². The summed E-state index contributed by atoms with van der Waals surface area (Å²) < 4.78 is 2.19. The second kappa shape index (κ2) is 7.60. The molecule has 3 aromatic rings. The lowest BCUT2D eigenvalue weighted by molar-refractivity contribution is 0.482. The lowest BCUT2D eigenvalue weighted by atomic mass is 9.99. The van der Waals surface area contributed by atoms with Gasteiger partial charge < -0.3 is 14.8 Å². The number of aromatic nitrogens is 2. The number of aliphatic imine (C=N–C) groups is 1. The van der Waals surface area contributed by atoms with Gasteiger partial charge in [0.15, 0.2) is 5.96 Å². The highest BCUT2D eigenvalue weighted by atomic mass is 15.3. The molecule has 1 N–H and O–H groups in total. The Bertz CT molecular complexity index is 884. The van der Waals surface area contributed by atoms with Crippen molar-refractivity contribution in [3.8, 4) is 0 Å². The van der Waals surface area contributed by atoms with Gasteiger partial charge in [-0.25, -0.2) is 4.98 Å². The largest absolute Gasteiger partial charge is 0.354 e. The molecule has 1 unspecified atom stereocenters. The number of guanidine groups is 1. The van der Waals surface area contributed by atoms with Crippen molar-refractivity contribution in [2.24, 2.45) is 4.99 Å². The molecule has 1 aromatic heterocycles. The van der Waals surface area contributed by atoms with Gasteiger partial charge in [-0.05, 0) is 24.1 Å². The number of hydrogen-bond acceptors (Lipinski definition) is 2. The monoisotopic (exact) mass is 347 g/mol. The fourth-order valence-corrected chi connectivity index (χ4v) is 3.76. The van der Waals surface area contributed by atoms with E-state index in [-0.39, 0.29) is 0 Å². The van der Waals surface area contributed by atoms with Crippen molar-refractivity contribution < 1.29 is 0 Å². The van der Waals surface area contributed by atoms with E-state index in [1.807, 2.05) is 25.5 Å². The van der Waals surface area contributed by atoms with Crippen molar-refractivity contribution in [3.05, 3.63) is 66.5 Å². The van der Waals surface area contributed by atoms with E-state index in [4.69, 9.17) is 0 Å². The van der Waals surface area contributed by atoms with E-state index in [2.05, 4.69) is 67.2 Å². The molecule has 134 valence electrons. The number of para-hydroxylation sites is 2. The topological polar surface area (TPSA) is 45.5 Å². The van der Waals surface area contributed by atoms with E-state index in [0.717, 1.165) is 37.7 Å². The summed E-state index contributed by atoms with van der Waals surface area (Å²) in [6.45, 7) is 3.78. The Hall–Kier alpha value is -2.82. The van der Waals surface area contributed by atoms with E-state index >= 15 is 0 Å². The van der Waals surface area contributed by atoms with Gasteiger partial charge in [0.25, 0.3) is 0 Å². The average molecular weight is 347 g/mol. The van der Waals surface area contributed by atoms with Crippen LogP contribution in [-0.2, 0) is 6.54 Å². The zero-order valence-electron chi connectivity index (χ0n) is 15.2. The van der Waals surface area contributed by atoms with E-state index in [9.17, 15) is 0 Å². The Morgan fingerprint density at radius 1 is 1.15 bits per heavy atom. The number of fused-ring (bicyclic) bond motifs is 1. The number of nitrogens with one attached hydrogen (secondary N) is 1. The van der Waals surface area contributed by atoms with Gasteiger partial charge in [0.05, 0.1) is 17.4 Å². The summed E-state index contributed by atoms with van der Waals surface area (Å²) in [7, 11) is 1.87. The second-order valence-corrected chi connectivity index (χ2v) is 6.74. The van der Waals surface area contributed by atoms with Crippen molar-refractivity contribution in [1.82, 2.24) is 19.8 Å². The van der Waals surface area contributed by atoms with Gasteiger partial charge in [0.2, 0.25) is 0 Å². The first-order chi connectivity index (χ1) is 12.8. The zero-order chi connectivity index (χ0) is 17.8. The summed E-state index contributed by atoms with van der Waals surface area (Å²) in [5.74, 6) is 1.58. The third-order valence-corrected chi connectivity index (χ3v) is 5.13. The van der Waals surface area contributed by atoms with Crippen LogP contribution in [0.1, 0.15) is 17.9 Å². The molecule has 2 aromatic carbocycles. The van der Waals surface area contributed by atoms with E-state index in [0.29, 0.717) is 5.92 Å². The third-order valence-electron chi connectivity index (χ3n) is 5.13. The predicted octanol–water partition coefficient (Wildman–Crippen LogP) is 3.10. The van der Waals surface area contributed by atoms with Crippen LogP contribution in [0.5, 0.6) is 0 Å². The Morgan fingerprint density at radius 3 is 2.81 bits per heavy atom. The minimum atomic E-state index is 0.590. The van der Waals surface area contributed by atoms with Crippen molar-refractivity contribution in [2.75, 3.05) is 26.7 Å². The smallest absolute Gasteiger partial charge is 0.193 e. The quantitative estimate of drug-likeness (QED) is 0.583. The molecule has 1 aliphatic rings. The maximum absolute atomic E-state index is 4.49. The lowest BCUT2D eigenvalue weighted by Gasteiger charge is -2.22. The number of nitrogens with zero attached hydrogens (tertiary/aromatic N) is 4. The minimum Gasteiger partial charge on any atom is -0.354 e. The molecular formula is C21H25N5. The molecule has 1 aliphatic heterocycles. The van der Waals surface area contributed by atoms with Crippen LogP contribution in [0.4, 0.5) is 0 Å². The van der Waals surface area contributed by atoms with Gasteiger partial charge in [0, 0.05) is 39.1 Å². The molecule has 26 heavy (non-hydrogen) atoms. The van der Waals surface area contributed by atoms with Gasteiger partial charge in [-0.15, -0.1) is 0 Å². The minimum absolute atomic E-state index is 0.590. The van der Waals surface area contributed by atoms with Gasteiger partial charge in [-0.2, -0.15) is 0 Å². The SMILES string of the molecule is CN=C(NCCn1cnc2ccccc21)N1CCC(c2ccccc2)C1. The molecule has 4 rings (SSSR count). The van der Waals surface area contributed by atoms with E-state index in [1.54, 1.807) is 0 Å². The normalized spacial score (nSPS) is 17.8. The van der Waals surface area contributed by atoms with Crippen molar-refractivity contribution >= 4 is 17.0 Å². The molecule has 1 atom stereocenters. The molecule has 2 heterocycles. The molecule has 5 nitrogen and oxygen atoms in total. The summed E-state index contributed by atoms with van der Waals surface area (Å²) in [6.07, 6.45) is 3.09. The molecule has 0 radical (unpaired) electrons. The van der Waals surface area contributed by atoms with Crippen LogP contribution < -0.4 is 5.32 Å². The molecule has 1 fully saturated rings. The van der Waals surface area contributed by atoms with Crippen LogP contribution >= 0.6 is 0 Å². The predicted molar refractivity (Wildman–Crippen MR) is 106 cm³/mol. The fourth-order valence-electron chi connectivity index (χ4n) is 3.76. The van der Waals surface area contributed by atoms with Crippen molar-refractivity contribution in [2.45, 2.75) is 18.9 Å². The number of imidazole rings is 1. The first-order valence-electron chi connectivity index (χ1n) is 9.25. The summed E-state index contributed by atoms with van der Waals surface area (Å²) in [5.41, 5.74) is 3.65. The number of likely N-dealkylation sites (tertiary alicyclic amines) is 1. The van der Waals surface area contributed by atoms with Crippen LogP contribution in [0.3, 0.4) is 0 Å². The molecule has 0 saturated carbocycles. The zero-order valence-corrected chi connectivity index (χ0v) is 15.2. The van der Waals surface area contributed by atoms with Gasteiger partial charge >= 0.3 is 0 Å². The molecule has 0 amide bonds. The molecule has 5 heteroatoms. The van der Waals surface area contributed by atoms with Gasteiger partial charge in [-0.3, -0.25) is 4.99 Å². The number of rotatable bonds is 4. The molecule has 0 aliphatic carbocycles. The van der Waals surface area contributed by atoms with Crippen LogP contribution in [0.2, 0.25) is 0 Å². The lowest BCUT2D eigenvalue weighted by Crippen LogP contribution is -2.41. The first-order valence-corrected chi connectivity index (χ1v) is 9.25. The second-order valence-electron chi connectivity index (χ2n) is 6.74. The number of hydrogen-bond donors (Lipinski definition) is 1. The Morgan fingerprint density at radius 2 is 1.96 bits per heavy atom. The fraction of sp³-hybridized carbons (Fsp3) is 0.333. The Balaban J connectivity index is 1.34. The highest BCUT2D eigenvalue weighted by Crippen LogP contribution is 2.26. The Kier molecular flexibility index (Phi) is 4.86. The van der Waals surface area contributed by atoms with Crippen molar-refractivity contribution in [3.63, 3.8) is 0 Å². The van der Waals surface area contributed by atoms with Crippen LogP contribution in [-0.4, -0.2) is 47.1 Å². The Labute approximate surface area is 154 Å². The molecule has 0 spiro atoms. The van der Waals surface area contributed by atoms with Crippen LogP contribution in [0.25, 0.3) is 11.0 Å². The summed E-state index contributed by atoms with van der Waals surface area (Å²) in [6, 6.07) is 19.0. The van der Waals surface area contributed by atoms with E-state index < -0.39 is 0 Å². The summed E-state index contributed by atoms with van der Waals surface area (Å²) in [5, 5.41) is 3.51. The maximum Gasteiger partial charge on any atom is 0.193 e. The van der Waals surface area contributed by atoms with Crippen LogP contribution in [0.15, 0.2) is 65.9 Å². The summed E-state index contributed by atoms with van der Waals surface area (Å²) in [4.78, 5) is 11.3. The highest BCUT2D eigenvalue weighted by Gasteiger charge is 2.25. The van der Waals surface area contributed by atoms with E-state index in [1.165, 1.54) is 17.5 Å². The highest BCUT2D eigenvalue weighted by molar-refractivity contribution is 5.80. The van der Waals surface area contributed by atoms with Gasteiger partial charge in [0.1, 0.15) is 0 Å². The van der Waals surface area contributed by atoms with Crippen molar-refractivity contribution in [1.29, 1.82) is 0 Å². The average Bonchev–Trinajstić information content (AvgIpc) is 3.34. The third kappa shape index (κ3) is 3.43. The summed E-state index contributed by atoms with van der Waals surface area (Å²) >= 11 is 0. The molecular weight excluding hydrogens is 322 g/mol. The number of benzene rings is 2. The first kappa shape index (κ1) is 16.6. The molecule has 0 bridgehead atoms. The maximum atomic E-state index is 4.49. The standard InChI is InChI=1S/C21H25N5/c1-22-21(25-13-11-18(15-25)17-7-3-2-4-8-17)23-12-14-26-16-24-19-9-5-6-10-20(19)26/h2-10,16,18H,11-15H2,1H3,(H,22,23). The van der Waals surface area contributed by atoms with Crippen LogP contribution in [0, 0.1) is 0 Å².